The largest absolute Gasteiger partial charge is 0.507 e. The summed E-state index contributed by atoms with van der Waals surface area (Å²) in [6.07, 6.45) is 4.77. The lowest BCUT2D eigenvalue weighted by Gasteiger charge is -2.17. The summed E-state index contributed by atoms with van der Waals surface area (Å²) in [5.41, 5.74) is 1.73. The van der Waals surface area contributed by atoms with Crippen LogP contribution in [0.5, 0.6) is 17.2 Å². The monoisotopic (exact) mass is 495 g/mol. The van der Waals surface area contributed by atoms with Crippen LogP contribution in [0.25, 0.3) is 6.08 Å². The number of sulfonamides is 1. The van der Waals surface area contributed by atoms with E-state index in [1.54, 1.807) is 0 Å². The smallest absolute Gasteiger partial charge is 0.239 e. The summed E-state index contributed by atoms with van der Waals surface area (Å²) in [6, 6.07) is 5.65. The van der Waals surface area contributed by atoms with Crippen LogP contribution in [0.1, 0.15) is 35.3 Å². The van der Waals surface area contributed by atoms with Gasteiger partial charge in [-0.1, -0.05) is 35.4 Å². The Morgan fingerprint density at radius 2 is 1.88 bits per heavy atom. The van der Waals surface area contributed by atoms with Gasteiger partial charge in [-0.2, -0.15) is 0 Å². The van der Waals surface area contributed by atoms with Gasteiger partial charge in [0.05, 0.1) is 12.1 Å². The summed E-state index contributed by atoms with van der Waals surface area (Å²) in [4.78, 5) is 12.7. The lowest BCUT2D eigenvalue weighted by molar-refractivity contribution is 0.0502. The zero-order chi connectivity index (χ0) is 24.8. The summed E-state index contributed by atoms with van der Waals surface area (Å²) in [5, 5.41) is 16.1. The quantitative estimate of drug-likeness (QED) is 0.220. The number of halogens is 1. The molecule has 0 aliphatic rings. The molecule has 0 amide bonds. The van der Waals surface area contributed by atoms with E-state index >= 15 is 0 Å². The van der Waals surface area contributed by atoms with Crippen molar-refractivity contribution in [3.8, 4) is 17.2 Å². The Hall–Kier alpha value is -2.85. The molecule has 10 heteroatoms. The highest BCUT2D eigenvalue weighted by Gasteiger charge is 2.23. The molecule has 0 aromatic heterocycles. The first kappa shape index (κ1) is 26.4. The molecule has 2 aromatic carbocycles. The number of rotatable bonds is 10. The Labute approximate surface area is 198 Å². The molecule has 0 fully saturated rings. The van der Waals surface area contributed by atoms with Gasteiger partial charge >= 0.3 is 0 Å². The molecule has 0 saturated heterocycles. The van der Waals surface area contributed by atoms with E-state index in [1.165, 1.54) is 50.6 Å². The predicted octanol–water partition coefficient (Wildman–Crippen LogP) is 4.09. The van der Waals surface area contributed by atoms with Crippen LogP contribution in [-0.4, -0.2) is 40.3 Å². The number of hydrogen-bond donors (Lipinski definition) is 2. The second-order valence-electron chi connectivity index (χ2n) is 7.25. The molecule has 2 rings (SSSR count). The molecule has 0 aliphatic carbocycles. The van der Waals surface area contributed by atoms with Crippen molar-refractivity contribution < 1.29 is 32.5 Å². The number of ketones is 1. The Morgan fingerprint density at radius 1 is 1.18 bits per heavy atom. The maximum atomic E-state index is 13.0. The molecule has 178 valence electrons. The number of hydrogen-bond acceptors (Lipinski definition) is 7. The third-order valence-electron chi connectivity index (χ3n) is 4.53. The molecule has 0 atom stereocenters. The number of methoxy groups -OCH3 is 2. The molecule has 33 heavy (non-hydrogen) atoms. The molecule has 0 unspecified atom stereocenters. The third-order valence-corrected chi connectivity index (χ3v) is 5.92. The minimum Gasteiger partial charge on any atom is -0.507 e. The van der Waals surface area contributed by atoms with E-state index in [0.29, 0.717) is 23.3 Å². The average Bonchev–Trinajstić information content (AvgIpc) is 2.74. The normalized spacial score (nSPS) is 11.5. The van der Waals surface area contributed by atoms with Crippen LogP contribution in [0.3, 0.4) is 0 Å². The van der Waals surface area contributed by atoms with Gasteiger partial charge in [0.1, 0.15) is 27.7 Å². The Bertz CT molecular complexity index is 1200. The highest BCUT2D eigenvalue weighted by atomic mass is 35.5. The molecule has 8 nitrogen and oxygen atoms in total. The van der Waals surface area contributed by atoms with Crippen molar-refractivity contribution in [1.29, 1.82) is 0 Å². The maximum Gasteiger partial charge on any atom is 0.239 e. The van der Waals surface area contributed by atoms with E-state index in [2.05, 4.69) is 0 Å². The van der Waals surface area contributed by atoms with Crippen LogP contribution in [0, 0.1) is 0 Å². The lowest BCUT2D eigenvalue weighted by Crippen LogP contribution is -2.12. The van der Waals surface area contributed by atoms with Crippen LogP contribution in [0.4, 0.5) is 0 Å². The second-order valence-corrected chi connectivity index (χ2v) is 9.19. The van der Waals surface area contributed by atoms with E-state index in [4.69, 9.17) is 31.0 Å². The second kappa shape index (κ2) is 11.3. The van der Waals surface area contributed by atoms with Gasteiger partial charge in [0.2, 0.25) is 10.0 Å². The number of carbonyl (C=O) groups excluding carboxylic acids is 1. The van der Waals surface area contributed by atoms with Gasteiger partial charge in [-0.05, 0) is 44.0 Å². The van der Waals surface area contributed by atoms with Crippen LogP contribution >= 0.6 is 11.6 Å². The minimum absolute atomic E-state index is 0.0316. The topological polar surface area (TPSA) is 125 Å². The van der Waals surface area contributed by atoms with Crippen LogP contribution in [0.2, 0.25) is 5.02 Å². The van der Waals surface area contributed by atoms with Gasteiger partial charge in [-0.15, -0.1) is 0 Å². The summed E-state index contributed by atoms with van der Waals surface area (Å²) in [6.45, 7) is 3.76. The van der Waals surface area contributed by atoms with Crippen molar-refractivity contribution in [1.82, 2.24) is 0 Å². The van der Waals surface area contributed by atoms with Gasteiger partial charge in [-0.25, -0.2) is 13.6 Å². The number of carbonyl (C=O) groups is 1. The van der Waals surface area contributed by atoms with Gasteiger partial charge in [0.15, 0.2) is 12.6 Å². The van der Waals surface area contributed by atoms with Crippen molar-refractivity contribution in [2.24, 2.45) is 5.14 Å². The summed E-state index contributed by atoms with van der Waals surface area (Å²) >= 11 is 5.89. The van der Waals surface area contributed by atoms with E-state index in [-0.39, 0.29) is 33.8 Å². The fraction of sp³-hybridized carbons (Fsp3) is 0.261. The summed E-state index contributed by atoms with van der Waals surface area (Å²) in [7, 11) is -1.21. The molecule has 0 bridgehead atoms. The molecule has 0 heterocycles. The van der Waals surface area contributed by atoms with Gasteiger partial charge in [0.25, 0.3) is 0 Å². The van der Waals surface area contributed by atoms with Crippen molar-refractivity contribution >= 4 is 33.5 Å². The first-order valence-electron chi connectivity index (χ1n) is 9.72. The number of nitrogens with two attached hydrogens (primary N) is 1. The molecule has 0 radical (unpaired) electrons. The number of aromatic hydroxyl groups is 1. The fourth-order valence-electron chi connectivity index (χ4n) is 2.91. The molecule has 0 saturated carbocycles. The van der Waals surface area contributed by atoms with Gasteiger partial charge in [-0.3, -0.25) is 4.79 Å². The first-order valence-corrected chi connectivity index (χ1v) is 11.6. The number of phenolic OH excluding ortho intramolecular Hbond substituents is 1. The number of phenols is 1. The SMILES string of the molecule is COCOc1cc(OC)c(C(=O)/C=C/c2ccc(Cl)c(S(N)(=O)=O)c2)c(O)c1CC=C(C)C. The van der Waals surface area contributed by atoms with E-state index < -0.39 is 15.8 Å². The van der Waals surface area contributed by atoms with Crippen molar-refractivity contribution in [2.75, 3.05) is 21.0 Å². The first-order chi connectivity index (χ1) is 15.5. The van der Waals surface area contributed by atoms with E-state index in [9.17, 15) is 18.3 Å². The molecule has 0 spiro atoms. The number of ether oxygens (including phenoxy) is 3. The molecule has 2 aromatic rings. The summed E-state index contributed by atoms with van der Waals surface area (Å²) < 4.78 is 39.2. The van der Waals surface area contributed by atoms with Crippen molar-refractivity contribution in [2.45, 2.75) is 25.2 Å². The van der Waals surface area contributed by atoms with E-state index in [0.717, 1.165) is 5.57 Å². The van der Waals surface area contributed by atoms with Crippen LogP contribution in [-0.2, 0) is 21.2 Å². The fourth-order valence-corrected chi connectivity index (χ4v) is 3.99. The zero-order valence-corrected chi connectivity index (χ0v) is 20.3. The predicted molar refractivity (Wildman–Crippen MR) is 126 cm³/mol. The Balaban J connectivity index is 2.53. The highest BCUT2D eigenvalue weighted by Crippen LogP contribution is 2.40. The van der Waals surface area contributed by atoms with Crippen LogP contribution in [0.15, 0.2) is 46.9 Å². The number of benzene rings is 2. The minimum atomic E-state index is -4.04. The molecular weight excluding hydrogens is 470 g/mol. The molecule has 3 N–H and O–H groups in total. The standard InChI is InChI=1S/C23H26ClNO7S/c1-14(2)5-8-16-19(32-13-30-3)12-20(31-4)22(23(16)27)18(26)10-7-15-6-9-17(24)21(11-15)33(25,28)29/h5-7,9-12,27H,8,13H2,1-4H3,(H2,25,28,29)/b10-7+. The van der Waals surface area contributed by atoms with E-state index in [1.807, 2.05) is 19.9 Å². The third kappa shape index (κ3) is 6.82. The number of primary sulfonamides is 1. The highest BCUT2D eigenvalue weighted by molar-refractivity contribution is 7.89. The average molecular weight is 496 g/mol. The Morgan fingerprint density at radius 3 is 2.45 bits per heavy atom. The van der Waals surface area contributed by atoms with Crippen LogP contribution < -0.4 is 14.6 Å². The van der Waals surface area contributed by atoms with Gasteiger partial charge < -0.3 is 19.3 Å². The molecular formula is C23H26ClNO7S. The summed E-state index contributed by atoms with van der Waals surface area (Å²) in [5.74, 6) is -0.419. The van der Waals surface area contributed by atoms with Gasteiger partial charge in [0, 0.05) is 18.7 Å². The van der Waals surface area contributed by atoms with Crippen molar-refractivity contribution in [3.63, 3.8) is 0 Å². The lowest BCUT2D eigenvalue weighted by atomic mass is 9.99. The zero-order valence-electron chi connectivity index (χ0n) is 18.7. The van der Waals surface area contributed by atoms with Crippen molar-refractivity contribution in [3.05, 3.63) is 63.7 Å². The maximum absolute atomic E-state index is 13.0. The molecule has 0 aliphatic heterocycles. The number of allylic oxidation sites excluding steroid dienone is 3. The Kier molecular flexibility index (Phi) is 9.07.